The molecule has 1 saturated carbocycles. The number of amides is 1. The zero-order chi connectivity index (χ0) is 20.1. The van der Waals surface area contributed by atoms with Crippen molar-refractivity contribution < 1.29 is 9.53 Å². The summed E-state index contributed by atoms with van der Waals surface area (Å²) in [5.41, 5.74) is 0. The number of hydrogen-bond acceptors (Lipinski definition) is 5. The van der Waals surface area contributed by atoms with Crippen molar-refractivity contribution in [3.05, 3.63) is 42.6 Å². The molecule has 29 heavy (non-hydrogen) atoms. The number of ether oxygens (including phenoxy) is 1. The van der Waals surface area contributed by atoms with Crippen molar-refractivity contribution in [1.82, 2.24) is 19.6 Å². The van der Waals surface area contributed by atoms with Crippen LogP contribution in [0, 0.1) is 5.92 Å². The first-order valence-electron chi connectivity index (χ1n) is 10.6. The summed E-state index contributed by atoms with van der Waals surface area (Å²) in [4.78, 5) is 17.1. The second kappa shape index (κ2) is 9.41. The molecule has 1 unspecified atom stereocenters. The van der Waals surface area contributed by atoms with Gasteiger partial charge in [-0.15, -0.1) is 0 Å². The fourth-order valence-corrected chi connectivity index (χ4v) is 3.88. The highest BCUT2D eigenvalue weighted by Crippen LogP contribution is 2.40. The van der Waals surface area contributed by atoms with Gasteiger partial charge in [0, 0.05) is 38.8 Å². The fourth-order valence-electron chi connectivity index (χ4n) is 3.88. The molecule has 2 heterocycles. The molecule has 1 atom stereocenters. The number of nitrogens with zero attached hydrogens (tertiary/aromatic N) is 4. The van der Waals surface area contributed by atoms with Gasteiger partial charge in [-0.2, -0.15) is 5.10 Å². The van der Waals surface area contributed by atoms with Gasteiger partial charge in [-0.1, -0.05) is 18.2 Å². The molecule has 7 heteroatoms. The maximum absolute atomic E-state index is 12.5. The van der Waals surface area contributed by atoms with Crippen LogP contribution in [0.1, 0.15) is 25.8 Å². The van der Waals surface area contributed by atoms with Crippen LogP contribution in [0.5, 0.6) is 5.75 Å². The minimum atomic E-state index is 0.0376. The van der Waals surface area contributed by atoms with Crippen LogP contribution in [-0.4, -0.2) is 71.4 Å². The number of anilines is 1. The van der Waals surface area contributed by atoms with Crippen LogP contribution in [-0.2, 0) is 4.79 Å². The summed E-state index contributed by atoms with van der Waals surface area (Å²) in [7, 11) is 0. The number of carbonyl (C=O) groups excluding carboxylic acids is 1. The summed E-state index contributed by atoms with van der Waals surface area (Å²) in [5.74, 6) is 2.46. The number of para-hydroxylation sites is 1. The quantitative estimate of drug-likeness (QED) is 0.704. The van der Waals surface area contributed by atoms with E-state index in [1.807, 2.05) is 41.1 Å². The normalized spacial score (nSPS) is 19.1. The van der Waals surface area contributed by atoms with Gasteiger partial charge in [-0.25, -0.2) is 4.68 Å². The van der Waals surface area contributed by atoms with Crippen LogP contribution in [0.3, 0.4) is 0 Å². The standard InChI is InChI=1S/C22H31N5O2/c1-18(19-7-8-19)27-21(9-10-23-27)24-22(28)17-26-13-11-25(12-14-26)15-16-29-20-5-3-2-4-6-20/h2-6,9-10,18-19H,7-8,11-17H2,1H3,(H,24,28). The van der Waals surface area contributed by atoms with E-state index >= 15 is 0 Å². The smallest absolute Gasteiger partial charge is 0.239 e. The molecular weight excluding hydrogens is 366 g/mol. The minimum Gasteiger partial charge on any atom is -0.492 e. The maximum Gasteiger partial charge on any atom is 0.239 e. The van der Waals surface area contributed by atoms with Gasteiger partial charge < -0.3 is 10.1 Å². The van der Waals surface area contributed by atoms with E-state index < -0.39 is 0 Å². The van der Waals surface area contributed by atoms with Crippen molar-refractivity contribution in [3.8, 4) is 5.75 Å². The molecule has 7 nitrogen and oxygen atoms in total. The summed E-state index contributed by atoms with van der Waals surface area (Å²) in [5, 5.41) is 7.46. The van der Waals surface area contributed by atoms with Gasteiger partial charge in [0.05, 0.1) is 18.8 Å². The Morgan fingerprint density at radius 1 is 1.14 bits per heavy atom. The first kappa shape index (κ1) is 19.9. The van der Waals surface area contributed by atoms with Crippen molar-refractivity contribution in [2.45, 2.75) is 25.8 Å². The van der Waals surface area contributed by atoms with Gasteiger partial charge >= 0.3 is 0 Å². The Hall–Kier alpha value is -2.38. The Morgan fingerprint density at radius 3 is 2.59 bits per heavy atom. The predicted octanol–water partition coefficient (Wildman–Crippen LogP) is 2.49. The Balaban J connectivity index is 1.16. The van der Waals surface area contributed by atoms with Crippen LogP contribution in [0.4, 0.5) is 5.82 Å². The Kier molecular flexibility index (Phi) is 6.46. The SMILES string of the molecule is CC(C1CC1)n1nccc1NC(=O)CN1CCN(CCOc2ccccc2)CC1. The minimum absolute atomic E-state index is 0.0376. The number of hydrogen-bond donors (Lipinski definition) is 1. The number of benzene rings is 1. The molecule has 0 radical (unpaired) electrons. The van der Waals surface area contributed by atoms with E-state index in [2.05, 4.69) is 27.1 Å². The first-order chi connectivity index (χ1) is 14.2. The molecule has 2 fully saturated rings. The van der Waals surface area contributed by atoms with Crippen LogP contribution < -0.4 is 10.1 Å². The Labute approximate surface area is 172 Å². The molecular formula is C22H31N5O2. The largest absolute Gasteiger partial charge is 0.492 e. The summed E-state index contributed by atoms with van der Waals surface area (Å²) in [6.07, 6.45) is 4.29. The highest BCUT2D eigenvalue weighted by Gasteiger charge is 2.31. The average molecular weight is 398 g/mol. The van der Waals surface area contributed by atoms with E-state index in [1.54, 1.807) is 6.20 Å². The third kappa shape index (κ3) is 5.58. The zero-order valence-corrected chi connectivity index (χ0v) is 17.2. The van der Waals surface area contributed by atoms with Gasteiger partial charge in [-0.3, -0.25) is 14.6 Å². The van der Waals surface area contributed by atoms with Gasteiger partial charge in [-0.05, 0) is 37.8 Å². The molecule has 1 aromatic carbocycles. The number of piperazine rings is 1. The highest BCUT2D eigenvalue weighted by atomic mass is 16.5. The molecule has 1 aliphatic carbocycles. The third-order valence-corrected chi connectivity index (χ3v) is 5.88. The molecule has 156 valence electrons. The van der Waals surface area contributed by atoms with E-state index in [9.17, 15) is 4.79 Å². The lowest BCUT2D eigenvalue weighted by Crippen LogP contribution is -2.49. The molecule has 2 aromatic rings. The van der Waals surface area contributed by atoms with Crippen molar-refractivity contribution >= 4 is 11.7 Å². The average Bonchev–Trinajstić information content (AvgIpc) is 3.49. The Bertz CT molecular complexity index is 782. The number of carbonyl (C=O) groups is 1. The van der Waals surface area contributed by atoms with Crippen LogP contribution >= 0.6 is 0 Å². The second-order valence-corrected chi connectivity index (χ2v) is 8.07. The van der Waals surface area contributed by atoms with Crippen molar-refractivity contribution in [2.75, 3.05) is 51.2 Å². The summed E-state index contributed by atoms with van der Waals surface area (Å²) >= 11 is 0. The van der Waals surface area contributed by atoms with Gasteiger partial charge in [0.15, 0.2) is 0 Å². The van der Waals surface area contributed by atoms with E-state index in [0.717, 1.165) is 44.3 Å². The number of rotatable bonds is 9. The van der Waals surface area contributed by atoms with E-state index in [1.165, 1.54) is 12.8 Å². The van der Waals surface area contributed by atoms with E-state index in [-0.39, 0.29) is 5.91 Å². The molecule has 0 spiro atoms. The molecule has 1 saturated heterocycles. The zero-order valence-electron chi connectivity index (χ0n) is 17.2. The summed E-state index contributed by atoms with van der Waals surface area (Å²) in [6, 6.07) is 12.2. The van der Waals surface area contributed by atoms with E-state index in [0.29, 0.717) is 25.1 Å². The molecule has 1 aliphatic heterocycles. The van der Waals surface area contributed by atoms with Crippen LogP contribution in [0.2, 0.25) is 0 Å². The third-order valence-electron chi connectivity index (χ3n) is 5.88. The Morgan fingerprint density at radius 2 is 1.86 bits per heavy atom. The summed E-state index contributed by atoms with van der Waals surface area (Å²) < 4.78 is 7.74. The van der Waals surface area contributed by atoms with Gasteiger partial charge in [0.2, 0.25) is 5.91 Å². The van der Waals surface area contributed by atoms with Crippen LogP contribution in [0.25, 0.3) is 0 Å². The number of aromatic nitrogens is 2. The monoisotopic (exact) mass is 397 g/mol. The molecule has 1 amide bonds. The first-order valence-corrected chi connectivity index (χ1v) is 10.6. The van der Waals surface area contributed by atoms with E-state index in [4.69, 9.17) is 4.74 Å². The fraction of sp³-hybridized carbons (Fsp3) is 0.545. The van der Waals surface area contributed by atoms with Crippen molar-refractivity contribution in [3.63, 3.8) is 0 Å². The maximum atomic E-state index is 12.5. The van der Waals surface area contributed by atoms with Gasteiger partial charge in [0.25, 0.3) is 0 Å². The topological polar surface area (TPSA) is 62.6 Å². The van der Waals surface area contributed by atoms with Crippen molar-refractivity contribution in [1.29, 1.82) is 0 Å². The molecule has 2 aliphatic rings. The van der Waals surface area contributed by atoms with Crippen LogP contribution in [0.15, 0.2) is 42.6 Å². The lowest BCUT2D eigenvalue weighted by atomic mass is 10.2. The summed E-state index contributed by atoms with van der Waals surface area (Å²) in [6.45, 7) is 7.93. The van der Waals surface area contributed by atoms with Gasteiger partial charge in [0.1, 0.15) is 18.2 Å². The molecule has 4 rings (SSSR count). The molecule has 1 aromatic heterocycles. The molecule has 1 N–H and O–H groups in total. The predicted molar refractivity (Wildman–Crippen MR) is 113 cm³/mol. The molecule has 0 bridgehead atoms. The van der Waals surface area contributed by atoms with Crippen molar-refractivity contribution in [2.24, 2.45) is 5.92 Å². The number of nitrogens with one attached hydrogen (secondary N) is 1. The lowest BCUT2D eigenvalue weighted by Gasteiger charge is -2.34. The highest BCUT2D eigenvalue weighted by molar-refractivity contribution is 5.91. The second-order valence-electron chi connectivity index (χ2n) is 8.07. The lowest BCUT2D eigenvalue weighted by molar-refractivity contribution is -0.117.